The van der Waals surface area contributed by atoms with Gasteiger partial charge in [-0.1, -0.05) is 31.4 Å². The lowest BCUT2D eigenvalue weighted by Crippen LogP contribution is -2.61. The van der Waals surface area contributed by atoms with Crippen LogP contribution in [0.1, 0.15) is 69.2 Å². The molecule has 2 amide bonds. The molecule has 0 spiro atoms. The molecule has 1 aliphatic carbocycles. The van der Waals surface area contributed by atoms with E-state index in [2.05, 4.69) is 15.5 Å². The lowest BCUT2D eigenvalue weighted by Gasteiger charge is -2.45. The largest absolute Gasteiger partial charge is 0.343 e. The van der Waals surface area contributed by atoms with Crippen LogP contribution in [0.4, 0.5) is 4.39 Å². The Kier molecular flexibility index (Phi) is 8.43. The quantitative estimate of drug-likeness (QED) is 0.555. The van der Waals surface area contributed by atoms with E-state index in [0.29, 0.717) is 19.1 Å². The Balaban J connectivity index is 1.40. The minimum Gasteiger partial charge on any atom is -0.343 e. The Morgan fingerprint density at radius 2 is 1.82 bits per heavy atom. The predicted molar refractivity (Wildman–Crippen MR) is 144 cm³/mol. The van der Waals surface area contributed by atoms with Gasteiger partial charge in [-0.3, -0.25) is 19.2 Å². The molecule has 38 heavy (non-hydrogen) atoms. The van der Waals surface area contributed by atoms with Gasteiger partial charge in [0.2, 0.25) is 11.8 Å². The highest BCUT2D eigenvalue weighted by Crippen LogP contribution is 2.35. The third kappa shape index (κ3) is 5.94. The third-order valence-electron chi connectivity index (χ3n) is 8.75. The van der Waals surface area contributed by atoms with E-state index in [0.717, 1.165) is 62.9 Å². The van der Waals surface area contributed by atoms with Gasteiger partial charge in [0.25, 0.3) is 0 Å². The zero-order valence-corrected chi connectivity index (χ0v) is 22.6. The van der Waals surface area contributed by atoms with Crippen LogP contribution in [-0.2, 0) is 16.1 Å². The van der Waals surface area contributed by atoms with Gasteiger partial charge in [-0.25, -0.2) is 4.39 Å². The molecule has 8 nitrogen and oxygen atoms in total. The van der Waals surface area contributed by atoms with Crippen LogP contribution in [0.3, 0.4) is 0 Å². The highest BCUT2D eigenvalue weighted by Gasteiger charge is 2.44. The standard InChI is InChI=1S/C29H41FN6O2/c1-20(31-2)28(37)32-27(22-7-4-3-5-8-22)29(38)36-18-24-9-6-15-34(24)19-26(36)25-14-16-35(33-25)17-21-10-12-23(30)13-11-21/h10-14,16,20,22,24,26-27,31H,3-9,15,17-19H2,1-2H3,(H,32,37)/t20-,24+,26-,27-/m0/s1. The number of halogens is 1. The number of fused-ring (bicyclic) bond motifs is 1. The maximum absolute atomic E-state index is 14.3. The maximum Gasteiger partial charge on any atom is 0.246 e. The summed E-state index contributed by atoms with van der Waals surface area (Å²) in [6, 6.07) is 7.77. The zero-order valence-electron chi connectivity index (χ0n) is 22.6. The molecule has 4 atom stereocenters. The molecule has 1 aromatic carbocycles. The van der Waals surface area contributed by atoms with E-state index in [4.69, 9.17) is 5.10 Å². The number of carbonyl (C=O) groups excluding carboxylic acids is 2. The number of hydrogen-bond acceptors (Lipinski definition) is 5. The number of amides is 2. The molecular formula is C29H41FN6O2. The summed E-state index contributed by atoms with van der Waals surface area (Å²) in [5.74, 6) is -0.202. The van der Waals surface area contributed by atoms with Gasteiger partial charge < -0.3 is 15.5 Å². The minimum atomic E-state index is -0.518. The summed E-state index contributed by atoms with van der Waals surface area (Å²) < 4.78 is 15.2. The summed E-state index contributed by atoms with van der Waals surface area (Å²) in [5, 5.41) is 11.0. The first-order valence-corrected chi connectivity index (χ1v) is 14.2. The molecule has 2 N–H and O–H groups in total. The summed E-state index contributed by atoms with van der Waals surface area (Å²) in [6.07, 6.45) is 9.47. The second-order valence-electron chi connectivity index (χ2n) is 11.3. The van der Waals surface area contributed by atoms with Crippen molar-refractivity contribution in [3.05, 3.63) is 53.6 Å². The highest BCUT2D eigenvalue weighted by atomic mass is 19.1. The molecule has 1 aromatic heterocycles. The number of piperazine rings is 1. The van der Waals surface area contributed by atoms with Crippen LogP contribution in [0.15, 0.2) is 36.5 Å². The van der Waals surface area contributed by atoms with Gasteiger partial charge in [0.05, 0.1) is 24.3 Å². The van der Waals surface area contributed by atoms with Crippen molar-refractivity contribution in [1.29, 1.82) is 0 Å². The molecule has 2 aliphatic heterocycles. The Labute approximate surface area is 224 Å². The number of hydrogen-bond donors (Lipinski definition) is 2. The molecule has 5 rings (SSSR count). The average molecular weight is 525 g/mol. The molecule has 2 aromatic rings. The van der Waals surface area contributed by atoms with Crippen LogP contribution < -0.4 is 10.6 Å². The van der Waals surface area contributed by atoms with Gasteiger partial charge >= 0.3 is 0 Å². The zero-order chi connectivity index (χ0) is 26.6. The second-order valence-corrected chi connectivity index (χ2v) is 11.3. The summed E-state index contributed by atoms with van der Waals surface area (Å²) in [5.41, 5.74) is 1.83. The normalized spacial score (nSPS) is 24.1. The van der Waals surface area contributed by atoms with Crippen LogP contribution in [0.2, 0.25) is 0 Å². The molecule has 3 fully saturated rings. The lowest BCUT2D eigenvalue weighted by molar-refractivity contribution is -0.144. The molecule has 0 bridgehead atoms. The average Bonchev–Trinajstić information content (AvgIpc) is 3.61. The van der Waals surface area contributed by atoms with E-state index in [1.54, 1.807) is 19.2 Å². The van der Waals surface area contributed by atoms with E-state index >= 15 is 0 Å². The van der Waals surface area contributed by atoms with E-state index in [1.807, 2.05) is 28.8 Å². The van der Waals surface area contributed by atoms with Crippen molar-refractivity contribution in [1.82, 2.24) is 30.2 Å². The summed E-state index contributed by atoms with van der Waals surface area (Å²) >= 11 is 0. The fraction of sp³-hybridized carbons (Fsp3) is 0.621. The Morgan fingerprint density at radius 3 is 2.55 bits per heavy atom. The van der Waals surface area contributed by atoms with Crippen molar-refractivity contribution in [2.75, 3.05) is 26.7 Å². The summed E-state index contributed by atoms with van der Waals surface area (Å²) in [7, 11) is 1.76. The fourth-order valence-electron chi connectivity index (χ4n) is 6.37. The van der Waals surface area contributed by atoms with Gasteiger partial charge in [0.1, 0.15) is 11.9 Å². The van der Waals surface area contributed by atoms with Gasteiger partial charge in [-0.2, -0.15) is 5.10 Å². The Morgan fingerprint density at radius 1 is 1.05 bits per heavy atom. The number of aromatic nitrogens is 2. The maximum atomic E-state index is 14.3. The number of nitrogens with zero attached hydrogens (tertiary/aromatic N) is 4. The molecule has 3 heterocycles. The van der Waals surface area contributed by atoms with E-state index in [-0.39, 0.29) is 35.6 Å². The van der Waals surface area contributed by atoms with Crippen molar-refractivity contribution in [3.8, 4) is 0 Å². The van der Waals surface area contributed by atoms with E-state index in [1.165, 1.54) is 18.6 Å². The van der Waals surface area contributed by atoms with Crippen LogP contribution in [0.5, 0.6) is 0 Å². The monoisotopic (exact) mass is 524 g/mol. The SMILES string of the molecule is CN[C@@H](C)C(=O)N[C@H](C(=O)N1C[C@H]2CCCN2C[C@H]1c1ccn(Cc2ccc(F)cc2)n1)C1CCCCC1. The number of benzene rings is 1. The Bertz CT molecular complexity index is 1100. The molecular weight excluding hydrogens is 483 g/mol. The molecule has 0 unspecified atom stereocenters. The van der Waals surface area contributed by atoms with Crippen LogP contribution >= 0.6 is 0 Å². The minimum absolute atomic E-state index is 0.0261. The van der Waals surface area contributed by atoms with E-state index in [9.17, 15) is 14.0 Å². The van der Waals surface area contributed by atoms with Gasteiger partial charge in [0.15, 0.2) is 0 Å². The van der Waals surface area contributed by atoms with Crippen molar-refractivity contribution in [3.63, 3.8) is 0 Å². The lowest BCUT2D eigenvalue weighted by atomic mass is 9.82. The molecule has 1 saturated carbocycles. The van der Waals surface area contributed by atoms with Gasteiger partial charge in [0, 0.05) is 25.3 Å². The first kappa shape index (κ1) is 26.8. The molecule has 9 heteroatoms. The van der Waals surface area contributed by atoms with Crippen LogP contribution in [-0.4, -0.2) is 76.2 Å². The van der Waals surface area contributed by atoms with Crippen molar-refractivity contribution >= 4 is 11.8 Å². The number of nitrogens with one attached hydrogen (secondary N) is 2. The van der Waals surface area contributed by atoms with Gasteiger partial charge in [-0.15, -0.1) is 0 Å². The van der Waals surface area contributed by atoms with E-state index < -0.39 is 6.04 Å². The Hall–Kier alpha value is -2.78. The van der Waals surface area contributed by atoms with Gasteiger partial charge in [-0.05, 0) is 75.9 Å². The number of carbonyl (C=O) groups is 2. The summed E-state index contributed by atoms with van der Waals surface area (Å²) in [6.45, 7) is 4.82. The predicted octanol–water partition coefficient (Wildman–Crippen LogP) is 3.09. The third-order valence-corrected chi connectivity index (χ3v) is 8.75. The first-order chi connectivity index (χ1) is 18.4. The van der Waals surface area contributed by atoms with Crippen molar-refractivity contribution in [2.24, 2.45) is 5.92 Å². The molecule has 3 aliphatic rings. The van der Waals surface area contributed by atoms with Crippen LogP contribution in [0, 0.1) is 11.7 Å². The second kappa shape index (κ2) is 11.9. The topological polar surface area (TPSA) is 82.5 Å². The summed E-state index contributed by atoms with van der Waals surface area (Å²) in [4.78, 5) is 31.8. The number of likely N-dealkylation sites (N-methyl/N-ethyl adjacent to an activating group) is 1. The smallest absolute Gasteiger partial charge is 0.246 e. The molecule has 2 saturated heterocycles. The van der Waals surface area contributed by atoms with Crippen molar-refractivity contribution in [2.45, 2.75) is 82.6 Å². The number of rotatable bonds is 8. The molecule has 0 radical (unpaired) electrons. The highest BCUT2D eigenvalue weighted by molar-refractivity contribution is 5.90. The fourth-order valence-corrected chi connectivity index (χ4v) is 6.37. The first-order valence-electron chi connectivity index (χ1n) is 14.2. The van der Waals surface area contributed by atoms with Crippen molar-refractivity contribution < 1.29 is 14.0 Å². The molecule has 206 valence electrons. The van der Waals surface area contributed by atoms with Crippen LogP contribution in [0.25, 0.3) is 0 Å².